The van der Waals surface area contributed by atoms with Gasteiger partial charge in [0.25, 0.3) is 0 Å². The summed E-state index contributed by atoms with van der Waals surface area (Å²) in [7, 11) is 0. The fourth-order valence-electron chi connectivity index (χ4n) is 0.156. The van der Waals surface area contributed by atoms with E-state index in [0.29, 0.717) is 0 Å². The molecule has 66 valence electrons. The predicted molar refractivity (Wildman–Crippen MR) is 54.4 cm³/mol. The topological polar surface area (TPSA) is 98.4 Å². The molecule has 0 amide bonds. The van der Waals surface area contributed by atoms with E-state index in [1.165, 1.54) is 8.52 Å². The van der Waals surface area contributed by atoms with Gasteiger partial charge in [-0.15, -0.1) is 0 Å². The van der Waals surface area contributed by atoms with Crippen LogP contribution in [0.2, 0.25) is 0 Å². The van der Waals surface area contributed by atoms with Crippen molar-refractivity contribution in [1.82, 2.24) is 3.12 Å². The first-order valence-electron chi connectivity index (χ1n) is 2.26. The van der Waals surface area contributed by atoms with Crippen molar-refractivity contribution in [3.8, 4) is 21.6 Å². The van der Waals surface area contributed by atoms with E-state index in [1.54, 1.807) is 16.2 Å². The van der Waals surface area contributed by atoms with Gasteiger partial charge in [-0.2, -0.15) is 15.8 Å². The summed E-state index contributed by atoms with van der Waals surface area (Å²) in [6, 6.07) is 0. The Morgan fingerprint density at radius 2 is 1.07 bits per heavy atom. The van der Waals surface area contributed by atoms with Crippen LogP contribution in [0.5, 0.6) is 0 Å². The Morgan fingerprint density at radius 1 is 0.857 bits per heavy atom. The number of nitriles is 4. The summed E-state index contributed by atoms with van der Waals surface area (Å²) >= 11 is 5.94. The number of thiocyanates is 4. The smallest absolute Gasteiger partial charge is 0.696 e. The third kappa shape index (κ3) is 18.6. The van der Waals surface area contributed by atoms with Gasteiger partial charge in [0.05, 0.1) is 35.8 Å². The Bertz CT molecular complexity index is 244. The molecule has 10 heteroatoms. The monoisotopic (exact) mass is 285 g/mol. The van der Waals surface area contributed by atoms with E-state index < -0.39 is 0 Å². The van der Waals surface area contributed by atoms with Crippen molar-refractivity contribution in [2.75, 3.05) is 0 Å². The van der Waals surface area contributed by atoms with Crippen molar-refractivity contribution >= 4 is 48.5 Å². The molecule has 0 saturated carbocycles. The molecule has 0 saturated heterocycles. The molecular formula is C4KN5S4. The van der Waals surface area contributed by atoms with Crippen molar-refractivity contribution in [2.24, 2.45) is 0 Å². The van der Waals surface area contributed by atoms with Crippen LogP contribution in [0.1, 0.15) is 0 Å². The molecule has 14 heavy (non-hydrogen) atoms. The number of hydrogen-bond donors (Lipinski definition) is 0. The minimum absolute atomic E-state index is 0. The van der Waals surface area contributed by atoms with Crippen molar-refractivity contribution in [1.29, 1.82) is 21.0 Å². The average molecular weight is 285 g/mol. The molecule has 0 unspecified atom stereocenters. The van der Waals surface area contributed by atoms with Gasteiger partial charge in [-0.05, 0) is 0 Å². The first kappa shape index (κ1) is 20.3. The summed E-state index contributed by atoms with van der Waals surface area (Å²) in [6.07, 6.45) is 0. The van der Waals surface area contributed by atoms with Crippen molar-refractivity contribution in [2.45, 2.75) is 0 Å². The van der Waals surface area contributed by atoms with Crippen LogP contribution in [0.25, 0.3) is 0 Å². The van der Waals surface area contributed by atoms with Crippen LogP contribution in [0, 0.1) is 42.7 Å². The SMILES string of the molecule is N#CSN(SC#N)SC#N.N#C[S-].[K+]. The fourth-order valence-corrected chi connectivity index (χ4v) is 1.40. The fraction of sp³-hybridized carbons (Fsp3) is 0. The summed E-state index contributed by atoms with van der Waals surface area (Å²) in [5.74, 6) is 0. The van der Waals surface area contributed by atoms with Gasteiger partial charge in [-0.25, -0.2) is 5.26 Å². The van der Waals surface area contributed by atoms with E-state index in [2.05, 4.69) is 12.6 Å². The Kier molecular flexibility index (Phi) is 28.1. The maximum atomic E-state index is 8.12. The van der Waals surface area contributed by atoms with Gasteiger partial charge in [0, 0.05) is 0 Å². The summed E-state index contributed by atoms with van der Waals surface area (Å²) in [6.45, 7) is 0. The molecule has 0 bridgehead atoms. The van der Waals surface area contributed by atoms with Crippen molar-refractivity contribution in [3.63, 3.8) is 0 Å². The van der Waals surface area contributed by atoms with Gasteiger partial charge in [0.15, 0.2) is 16.2 Å². The van der Waals surface area contributed by atoms with Gasteiger partial charge in [0.1, 0.15) is 0 Å². The third-order valence-electron chi connectivity index (χ3n) is 0.346. The normalized spacial score (nSPS) is 6.07. The molecule has 0 radical (unpaired) electrons. The zero-order chi connectivity index (χ0) is 10.5. The summed E-state index contributed by atoms with van der Waals surface area (Å²) in [5.41, 5.74) is 0. The number of hydrogen-bond acceptors (Lipinski definition) is 9. The molecule has 0 rings (SSSR count). The first-order chi connectivity index (χ1) is 6.26. The molecular weight excluding hydrogens is 285 g/mol. The first-order valence-corrected chi connectivity index (χ1v) is 4.99. The minimum Gasteiger partial charge on any atom is -0.696 e. The molecule has 5 nitrogen and oxygen atoms in total. The van der Waals surface area contributed by atoms with Crippen LogP contribution < -0.4 is 51.4 Å². The van der Waals surface area contributed by atoms with Crippen LogP contribution in [0.4, 0.5) is 0 Å². The van der Waals surface area contributed by atoms with Crippen LogP contribution in [-0.2, 0) is 12.6 Å². The van der Waals surface area contributed by atoms with Gasteiger partial charge >= 0.3 is 51.4 Å². The van der Waals surface area contributed by atoms with E-state index >= 15 is 0 Å². The van der Waals surface area contributed by atoms with E-state index in [0.717, 1.165) is 35.8 Å². The average Bonchev–Trinajstić information content (AvgIpc) is 2.07. The van der Waals surface area contributed by atoms with E-state index in [4.69, 9.17) is 21.0 Å². The van der Waals surface area contributed by atoms with Crippen LogP contribution >= 0.6 is 35.8 Å². The summed E-state index contributed by atoms with van der Waals surface area (Å²) < 4.78 is 1.21. The molecule has 0 aliphatic heterocycles. The minimum atomic E-state index is 0. The van der Waals surface area contributed by atoms with Gasteiger partial charge in [-0.3, -0.25) is 0 Å². The molecule has 0 spiro atoms. The Balaban J connectivity index is -0.000000267. The molecule has 0 fully saturated rings. The van der Waals surface area contributed by atoms with Crippen molar-refractivity contribution < 1.29 is 51.4 Å². The molecule has 0 aliphatic rings. The Hall–Kier alpha value is 0.826. The number of nitrogens with zero attached hydrogens (tertiary/aromatic N) is 5. The zero-order valence-electron chi connectivity index (χ0n) is 6.87. The van der Waals surface area contributed by atoms with Crippen LogP contribution in [-0.4, -0.2) is 3.12 Å². The Labute approximate surface area is 143 Å². The molecule has 0 N–H and O–H groups in total. The quantitative estimate of drug-likeness (QED) is 0.271. The molecule has 0 aromatic heterocycles. The van der Waals surface area contributed by atoms with Gasteiger partial charge < -0.3 is 12.6 Å². The molecule has 0 atom stereocenters. The van der Waals surface area contributed by atoms with Gasteiger partial charge in [-0.1, -0.05) is 8.52 Å². The second-order valence-electron chi connectivity index (χ2n) is 0.863. The maximum absolute atomic E-state index is 8.12. The molecule has 0 aromatic carbocycles. The third-order valence-corrected chi connectivity index (χ3v) is 2.38. The maximum Gasteiger partial charge on any atom is 1.00 e. The molecule has 0 aliphatic carbocycles. The standard InChI is InChI=1S/C3N4S3.CHNS.K/c4-1-8-7(9-2-5)10-3-6;2-1-3;/h;3H;/q;;+1/p-1. The van der Waals surface area contributed by atoms with E-state index in [9.17, 15) is 0 Å². The second-order valence-corrected chi connectivity index (χ2v) is 3.93. The Morgan fingerprint density at radius 3 is 1.21 bits per heavy atom. The molecule has 0 aromatic rings. The van der Waals surface area contributed by atoms with Crippen LogP contribution in [0.15, 0.2) is 0 Å². The number of rotatable bonds is 3. The van der Waals surface area contributed by atoms with Gasteiger partial charge in [0.2, 0.25) is 0 Å². The van der Waals surface area contributed by atoms with E-state index in [1.807, 2.05) is 0 Å². The van der Waals surface area contributed by atoms with E-state index in [-0.39, 0.29) is 51.4 Å². The second kappa shape index (κ2) is 19.4. The summed E-state index contributed by atoms with van der Waals surface area (Å²) in [4.78, 5) is 0. The molecule has 0 heterocycles. The zero-order valence-corrected chi connectivity index (χ0v) is 13.3. The predicted octanol–water partition coefficient (Wildman–Crippen LogP) is -1.31. The summed E-state index contributed by atoms with van der Waals surface area (Å²) in [5, 5.41) is 38.0. The van der Waals surface area contributed by atoms with Crippen LogP contribution in [0.3, 0.4) is 0 Å². The van der Waals surface area contributed by atoms with Crippen molar-refractivity contribution in [3.05, 3.63) is 0 Å². The largest absolute Gasteiger partial charge is 1.00 e.